The van der Waals surface area contributed by atoms with Crippen LogP contribution in [0.5, 0.6) is 5.75 Å². The molecule has 0 aromatic heterocycles. The van der Waals surface area contributed by atoms with Crippen LogP contribution in [0.4, 0.5) is 21.0 Å². The summed E-state index contributed by atoms with van der Waals surface area (Å²) in [5.74, 6) is 0.368. The van der Waals surface area contributed by atoms with Gasteiger partial charge in [0.2, 0.25) is 0 Å². The number of carbonyl (C=O) groups is 2. The van der Waals surface area contributed by atoms with Crippen molar-refractivity contribution in [2.75, 3.05) is 44.7 Å². The fraction of sp³-hybridized carbons (Fsp3) is 0.316. The fourth-order valence-corrected chi connectivity index (χ4v) is 5.70. The first-order chi connectivity index (χ1) is 23.2. The van der Waals surface area contributed by atoms with E-state index in [0.717, 1.165) is 16.7 Å². The predicted octanol–water partition coefficient (Wildman–Crippen LogP) is 6.26. The number of rotatable bonds is 14. The van der Waals surface area contributed by atoms with Gasteiger partial charge in [-0.05, 0) is 66.4 Å². The third-order valence-corrected chi connectivity index (χ3v) is 8.40. The van der Waals surface area contributed by atoms with Crippen LogP contribution in [-0.2, 0) is 16.0 Å². The summed E-state index contributed by atoms with van der Waals surface area (Å²) in [6.07, 6.45) is -2.20. The van der Waals surface area contributed by atoms with Crippen LogP contribution in [0.15, 0.2) is 109 Å². The van der Waals surface area contributed by atoms with E-state index in [1.807, 2.05) is 114 Å². The lowest BCUT2D eigenvalue weighted by molar-refractivity contribution is -0.0923. The minimum atomic E-state index is -0.900. The van der Waals surface area contributed by atoms with Crippen molar-refractivity contribution in [3.8, 4) is 5.75 Å². The molecule has 4 aromatic rings. The van der Waals surface area contributed by atoms with E-state index in [0.29, 0.717) is 30.1 Å². The Kier molecular flexibility index (Phi) is 13.0. The summed E-state index contributed by atoms with van der Waals surface area (Å²) in [6, 6.07) is 34.0. The normalized spacial score (nSPS) is 13.0. The average Bonchev–Trinajstić information content (AvgIpc) is 3.13. The van der Waals surface area contributed by atoms with E-state index in [-0.39, 0.29) is 12.5 Å². The molecule has 10 nitrogen and oxygen atoms in total. The van der Waals surface area contributed by atoms with E-state index in [1.165, 1.54) is 24.0 Å². The Morgan fingerprint density at radius 2 is 1.17 bits per heavy atom. The molecule has 0 aliphatic carbocycles. The lowest BCUT2D eigenvalue weighted by Crippen LogP contribution is -2.52. The molecule has 0 spiro atoms. The molecule has 4 rings (SSSR count). The summed E-state index contributed by atoms with van der Waals surface area (Å²) in [6.45, 7) is 1.88. The van der Waals surface area contributed by atoms with Crippen molar-refractivity contribution in [1.29, 1.82) is 0 Å². The third kappa shape index (κ3) is 9.13. The smallest absolute Gasteiger partial charge is 0.413 e. The molecule has 2 unspecified atom stereocenters. The van der Waals surface area contributed by atoms with Crippen molar-refractivity contribution in [3.63, 3.8) is 0 Å². The molecule has 48 heavy (non-hydrogen) atoms. The predicted molar refractivity (Wildman–Crippen MR) is 186 cm³/mol. The number of hydrogen-bond donors (Lipinski definition) is 2. The summed E-state index contributed by atoms with van der Waals surface area (Å²) in [7, 11) is 5.95. The summed E-state index contributed by atoms with van der Waals surface area (Å²) in [5, 5.41) is 22.1. The lowest BCUT2D eigenvalue weighted by Gasteiger charge is -2.40. The van der Waals surface area contributed by atoms with Gasteiger partial charge in [0.25, 0.3) is 0 Å². The number of para-hydroxylation sites is 1. The lowest BCUT2D eigenvalue weighted by atomic mass is 9.85. The molecule has 0 fully saturated rings. The summed E-state index contributed by atoms with van der Waals surface area (Å²) >= 11 is 0. The number of benzene rings is 4. The van der Waals surface area contributed by atoms with Gasteiger partial charge in [-0.25, -0.2) is 9.59 Å². The molecule has 4 aromatic carbocycles. The zero-order valence-electron chi connectivity index (χ0n) is 28.1. The van der Waals surface area contributed by atoms with E-state index in [2.05, 4.69) is 0 Å². The van der Waals surface area contributed by atoms with Gasteiger partial charge < -0.3 is 24.4 Å². The van der Waals surface area contributed by atoms with Gasteiger partial charge in [0, 0.05) is 44.0 Å². The van der Waals surface area contributed by atoms with Crippen LogP contribution < -0.4 is 14.5 Å². The zero-order chi connectivity index (χ0) is 34.6. The molecule has 3 atom stereocenters. The Bertz CT molecular complexity index is 1500. The summed E-state index contributed by atoms with van der Waals surface area (Å²) < 4.78 is 16.2. The maximum Gasteiger partial charge on any atom is 0.413 e. The van der Waals surface area contributed by atoms with Crippen LogP contribution in [0.3, 0.4) is 0 Å². The van der Waals surface area contributed by atoms with Crippen molar-refractivity contribution in [2.45, 2.75) is 44.2 Å². The van der Waals surface area contributed by atoms with E-state index < -0.39 is 30.6 Å². The van der Waals surface area contributed by atoms with E-state index >= 15 is 0 Å². The maximum absolute atomic E-state index is 12.2. The number of ether oxygens (including phenoxy) is 3. The number of aliphatic hydroxyl groups is 2. The van der Waals surface area contributed by atoms with Crippen LogP contribution in [-0.4, -0.2) is 80.6 Å². The molecule has 0 aliphatic rings. The van der Waals surface area contributed by atoms with Crippen molar-refractivity contribution in [1.82, 2.24) is 4.90 Å². The molecule has 0 radical (unpaired) electrons. The van der Waals surface area contributed by atoms with Gasteiger partial charge in [0.05, 0.1) is 20.8 Å². The highest BCUT2D eigenvalue weighted by molar-refractivity contribution is 5.87. The van der Waals surface area contributed by atoms with Crippen molar-refractivity contribution in [2.24, 2.45) is 0 Å². The minimum absolute atomic E-state index is 0.211. The van der Waals surface area contributed by atoms with Gasteiger partial charge in [-0.1, -0.05) is 72.8 Å². The van der Waals surface area contributed by atoms with E-state index in [9.17, 15) is 19.8 Å². The SMILES string of the molecule is COC(=O)N(C)c1ccc(C(C[C@@H](CO)N(Cc2ccccc2)C(Oc2ccccc2)C(C)O)c2ccc(N(C)C(=O)OC)cc2)cc1. The molecule has 0 saturated heterocycles. The average molecular weight is 656 g/mol. The molecule has 0 heterocycles. The number of hydrogen-bond acceptors (Lipinski definition) is 8. The van der Waals surface area contributed by atoms with Crippen LogP contribution in [0.2, 0.25) is 0 Å². The molecule has 254 valence electrons. The zero-order valence-corrected chi connectivity index (χ0v) is 28.1. The van der Waals surface area contributed by atoms with Gasteiger partial charge in [-0.3, -0.25) is 14.7 Å². The second-order valence-corrected chi connectivity index (χ2v) is 11.6. The van der Waals surface area contributed by atoms with Crippen LogP contribution in [0.1, 0.15) is 36.0 Å². The van der Waals surface area contributed by atoms with Crippen molar-refractivity contribution in [3.05, 3.63) is 126 Å². The van der Waals surface area contributed by atoms with Crippen molar-refractivity contribution >= 4 is 23.6 Å². The summed E-state index contributed by atoms with van der Waals surface area (Å²) in [4.78, 5) is 29.2. The van der Waals surface area contributed by atoms with E-state index in [1.54, 1.807) is 21.0 Å². The highest BCUT2D eigenvalue weighted by Crippen LogP contribution is 2.34. The molecular weight excluding hydrogens is 610 g/mol. The third-order valence-electron chi connectivity index (χ3n) is 8.40. The van der Waals surface area contributed by atoms with Crippen LogP contribution >= 0.6 is 0 Å². The Balaban J connectivity index is 1.76. The second-order valence-electron chi connectivity index (χ2n) is 11.6. The minimum Gasteiger partial charge on any atom is -0.472 e. The topological polar surface area (TPSA) is 112 Å². The molecule has 2 amide bonds. The van der Waals surface area contributed by atoms with Crippen LogP contribution in [0.25, 0.3) is 0 Å². The fourth-order valence-electron chi connectivity index (χ4n) is 5.70. The number of aliphatic hydroxyl groups excluding tert-OH is 2. The summed E-state index contributed by atoms with van der Waals surface area (Å²) in [5.41, 5.74) is 4.22. The Hall–Kier alpha value is -4.90. The highest BCUT2D eigenvalue weighted by Gasteiger charge is 2.34. The molecule has 0 saturated carbocycles. The number of methoxy groups -OCH3 is 2. The monoisotopic (exact) mass is 655 g/mol. The van der Waals surface area contributed by atoms with Gasteiger partial charge in [0.15, 0.2) is 6.23 Å². The first-order valence-electron chi connectivity index (χ1n) is 15.8. The van der Waals surface area contributed by atoms with Gasteiger partial charge >= 0.3 is 12.2 Å². The standard InChI is InChI=1S/C38H45N3O7/c1-27(43)36(48-34-14-10-7-11-15-34)41(25-28-12-8-6-9-13-28)33(26-42)24-35(29-16-20-31(21-17-29)39(2)37(44)46-4)30-18-22-32(23-19-30)40(3)38(45)47-5/h6-23,27,33,35-36,42-43H,24-26H2,1-5H3/t27?,33-,36?/m0/s1. The molecule has 0 bridgehead atoms. The molecular formula is C38H45N3O7. The number of carbonyl (C=O) groups excluding carboxylic acids is 2. The van der Waals surface area contributed by atoms with Gasteiger partial charge in [0.1, 0.15) is 11.9 Å². The number of anilines is 2. The second kappa shape index (κ2) is 17.3. The van der Waals surface area contributed by atoms with Crippen molar-refractivity contribution < 1.29 is 34.0 Å². The Morgan fingerprint density at radius 3 is 1.58 bits per heavy atom. The maximum atomic E-state index is 12.2. The quantitative estimate of drug-likeness (QED) is 0.153. The first kappa shape index (κ1) is 35.9. The molecule has 2 N–H and O–H groups in total. The number of nitrogens with zero attached hydrogens (tertiary/aromatic N) is 3. The Labute approximate surface area is 282 Å². The largest absolute Gasteiger partial charge is 0.472 e. The first-order valence-corrected chi connectivity index (χ1v) is 15.8. The number of amides is 2. The van der Waals surface area contributed by atoms with Gasteiger partial charge in [-0.15, -0.1) is 0 Å². The molecule has 0 aliphatic heterocycles. The highest BCUT2D eigenvalue weighted by atomic mass is 16.5. The molecule has 10 heteroatoms. The van der Waals surface area contributed by atoms with Gasteiger partial charge in [-0.2, -0.15) is 0 Å². The van der Waals surface area contributed by atoms with E-state index in [4.69, 9.17) is 14.2 Å². The van der Waals surface area contributed by atoms with Crippen LogP contribution in [0, 0.1) is 0 Å². The Morgan fingerprint density at radius 1 is 0.708 bits per heavy atom.